The third-order valence-electron chi connectivity index (χ3n) is 6.63. The molecule has 3 amide bonds. The van der Waals surface area contributed by atoms with Gasteiger partial charge < -0.3 is 15.0 Å². The molecule has 142 valence electrons. The summed E-state index contributed by atoms with van der Waals surface area (Å²) >= 11 is 0. The van der Waals surface area contributed by atoms with Crippen molar-refractivity contribution < 1.29 is 19.1 Å². The van der Waals surface area contributed by atoms with Gasteiger partial charge in [-0.05, 0) is 44.8 Å². The summed E-state index contributed by atoms with van der Waals surface area (Å²) in [6.45, 7) is 3.03. The van der Waals surface area contributed by atoms with E-state index in [9.17, 15) is 14.4 Å². The number of carbonyl (C=O) groups excluding carboxylic acids is 3. The lowest BCUT2D eigenvalue weighted by Gasteiger charge is -2.42. The third-order valence-corrected chi connectivity index (χ3v) is 6.63. The van der Waals surface area contributed by atoms with E-state index in [2.05, 4.69) is 16.7 Å². The smallest absolute Gasteiger partial charge is 0.255 e. The zero-order chi connectivity index (χ0) is 18.6. The van der Waals surface area contributed by atoms with Crippen molar-refractivity contribution in [2.75, 3.05) is 19.7 Å². The predicted octanol–water partition coefficient (Wildman–Crippen LogP) is 0.851. The molecule has 0 unspecified atom stereocenters. The van der Waals surface area contributed by atoms with Crippen molar-refractivity contribution in [2.45, 2.75) is 50.1 Å². The van der Waals surface area contributed by atoms with Crippen LogP contribution in [0.2, 0.25) is 0 Å². The van der Waals surface area contributed by atoms with Crippen LogP contribution in [0, 0.1) is 0 Å². The second-order valence-corrected chi connectivity index (χ2v) is 8.00. The van der Waals surface area contributed by atoms with Gasteiger partial charge in [-0.1, -0.05) is 6.07 Å². The van der Waals surface area contributed by atoms with Crippen LogP contribution in [0.25, 0.3) is 0 Å². The number of nitrogens with zero attached hydrogens (tertiary/aromatic N) is 1. The van der Waals surface area contributed by atoms with Gasteiger partial charge in [-0.3, -0.25) is 19.7 Å². The number of hydrogen-bond acceptors (Lipinski definition) is 5. The highest BCUT2D eigenvalue weighted by Gasteiger charge is 2.44. The van der Waals surface area contributed by atoms with Crippen LogP contribution in [0.3, 0.4) is 0 Å². The molecule has 1 aromatic carbocycles. The fraction of sp³-hybridized carbons (Fsp3) is 0.550. The molecule has 2 N–H and O–H groups in total. The SMILES string of the molecule is O=C1CC[C@@H](N2Cc3c(ccc4c3OCCC43CCNCC3)C2=O)C(=O)N1. The third kappa shape index (κ3) is 2.48. The molecule has 1 spiro atoms. The van der Waals surface area contributed by atoms with E-state index in [1.165, 1.54) is 5.56 Å². The van der Waals surface area contributed by atoms with Gasteiger partial charge in [0.1, 0.15) is 11.8 Å². The van der Waals surface area contributed by atoms with Gasteiger partial charge in [-0.25, -0.2) is 0 Å². The average molecular weight is 369 g/mol. The van der Waals surface area contributed by atoms with Crippen LogP contribution in [0.4, 0.5) is 0 Å². The molecule has 4 heterocycles. The maximum atomic E-state index is 13.0. The second-order valence-electron chi connectivity index (χ2n) is 8.00. The van der Waals surface area contributed by atoms with Crippen LogP contribution in [-0.4, -0.2) is 48.4 Å². The van der Waals surface area contributed by atoms with E-state index in [1.807, 2.05) is 6.07 Å². The minimum absolute atomic E-state index is 0.124. The Hall–Kier alpha value is -2.41. The van der Waals surface area contributed by atoms with Gasteiger partial charge in [-0.15, -0.1) is 0 Å². The summed E-state index contributed by atoms with van der Waals surface area (Å²) in [6, 6.07) is 3.38. The molecule has 0 bridgehead atoms. The van der Waals surface area contributed by atoms with Crippen LogP contribution < -0.4 is 15.4 Å². The van der Waals surface area contributed by atoms with Crippen molar-refractivity contribution in [1.29, 1.82) is 0 Å². The van der Waals surface area contributed by atoms with Crippen molar-refractivity contribution >= 4 is 17.7 Å². The first-order valence-electron chi connectivity index (χ1n) is 9.74. The molecule has 4 aliphatic heterocycles. The number of benzene rings is 1. The molecule has 2 fully saturated rings. The van der Waals surface area contributed by atoms with Crippen LogP contribution in [0.15, 0.2) is 12.1 Å². The Bertz CT molecular complexity index is 844. The van der Waals surface area contributed by atoms with Crippen molar-refractivity contribution in [3.05, 3.63) is 28.8 Å². The lowest BCUT2D eigenvalue weighted by atomic mass is 9.69. The molecule has 5 rings (SSSR count). The molecular weight excluding hydrogens is 346 g/mol. The van der Waals surface area contributed by atoms with Gasteiger partial charge in [0.25, 0.3) is 5.91 Å². The molecular formula is C20H23N3O4. The molecule has 4 aliphatic rings. The molecule has 1 aromatic rings. The Morgan fingerprint density at radius 3 is 2.70 bits per heavy atom. The first kappa shape index (κ1) is 16.7. The second kappa shape index (κ2) is 6.05. The molecule has 7 nitrogen and oxygen atoms in total. The molecule has 2 saturated heterocycles. The number of fused-ring (bicyclic) bond motifs is 4. The van der Waals surface area contributed by atoms with Crippen LogP contribution in [0.1, 0.15) is 53.6 Å². The number of carbonyl (C=O) groups is 3. The highest BCUT2D eigenvalue weighted by atomic mass is 16.5. The normalized spacial score (nSPS) is 26.4. The predicted molar refractivity (Wildman–Crippen MR) is 96.4 cm³/mol. The first-order chi connectivity index (χ1) is 13.1. The van der Waals surface area contributed by atoms with Gasteiger partial charge in [-0.2, -0.15) is 0 Å². The van der Waals surface area contributed by atoms with E-state index in [4.69, 9.17) is 4.74 Å². The van der Waals surface area contributed by atoms with Gasteiger partial charge >= 0.3 is 0 Å². The van der Waals surface area contributed by atoms with E-state index in [0.717, 1.165) is 43.7 Å². The largest absolute Gasteiger partial charge is 0.493 e. The summed E-state index contributed by atoms with van der Waals surface area (Å²) in [7, 11) is 0. The maximum Gasteiger partial charge on any atom is 0.255 e. The summed E-state index contributed by atoms with van der Waals surface area (Å²) in [5, 5.41) is 5.78. The van der Waals surface area contributed by atoms with Crippen LogP contribution in [-0.2, 0) is 21.5 Å². The number of imide groups is 1. The minimum atomic E-state index is -0.588. The Morgan fingerprint density at radius 1 is 1.11 bits per heavy atom. The summed E-state index contributed by atoms with van der Waals surface area (Å²) < 4.78 is 6.07. The highest BCUT2D eigenvalue weighted by molar-refractivity contribution is 6.05. The monoisotopic (exact) mass is 369 g/mol. The van der Waals surface area contributed by atoms with Gasteiger partial charge in [0, 0.05) is 28.5 Å². The Kier molecular flexibility index (Phi) is 3.75. The molecule has 1 atom stereocenters. The summed E-state index contributed by atoms with van der Waals surface area (Å²) in [4.78, 5) is 38.3. The Morgan fingerprint density at radius 2 is 1.93 bits per heavy atom. The molecule has 27 heavy (non-hydrogen) atoms. The summed E-state index contributed by atoms with van der Waals surface area (Å²) in [6.07, 6.45) is 3.80. The fourth-order valence-corrected chi connectivity index (χ4v) is 5.10. The lowest BCUT2D eigenvalue weighted by molar-refractivity contribution is -0.136. The zero-order valence-corrected chi connectivity index (χ0v) is 15.2. The van der Waals surface area contributed by atoms with E-state index in [0.29, 0.717) is 25.1 Å². The number of ether oxygens (including phenoxy) is 1. The van der Waals surface area contributed by atoms with Crippen molar-refractivity contribution in [1.82, 2.24) is 15.5 Å². The number of hydrogen-bond donors (Lipinski definition) is 2. The zero-order valence-electron chi connectivity index (χ0n) is 15.2. The first-order valence-corrected chi connectivity index (χ1v) is 9.74. The van der Waals surface area contributed by atoms with E-state index >= 15 is 0 Å². The van der Waals surface area contributed by atoms with Crippen LogP contribution in [0.5, 0.6) is 5.75 Å². The molecule has 0 aromatic heterocycles. The van der Waals surface area contributed by atoms with Gasteiger partial charge in [0.15, 0.2) is 0 Å². The molecule has 0 radical (unpaired) electrons. The fourth-order valence-electron chi connectivity index (χ4n) is 5.10. The quantitative estimate of drug-likeness (QED) is 0.717. The molecule has 7 heteroatoms. The average Bonchev–Trinajstić information content (AvgIpc) is 3.00. The number of nitrogens with one attached hydrogen (secondary N) is 2. The van der Waals surface area contributed by atoms with Crippen molar-refractivity contribution in [3.8, 4) is 5.75 Å². The van der Waals surface area contributed by atoms with Gasteiger partial charge in [0.05, 0.1) is 13.2 Å². The summed E-state index contributed by atoms with van der Waals surface area (Å²) in [5.74, 6) is 0.0608. The van der Waals surface area contributed by atoms with E-state index in [-0.39, 0.29) is 29.6 Å². The minimum Gasteiger partial charge on any atom is -0.493 e. The topological polar surface area (TPSA) is 87.7 Å². The molecule has 0 saturated carbocycles. The van der Waals surface area contributed by atoms with Gasteiger partial charge in [0.2, 0.25) is 11.8 Å². The highest BCUT2D eigenvalue weighted by Crippen LogP contribution is 2.48. The standard InChI is InChI=1S/C20H23N3O4/c24-16-4-3-15(18(25)22-16)23-11-13-12(19(23)26)1-2-14-17(13)27-10-7-20(14)5-8-21-9-6-20/h1-2,15,21H,3-11H2,(H,22,24,25)/t15-/m1/s1. The molecule has 0 aliphatic carbocycles. The number of piperidine rings is 2. The Labute approximate surface area is 157 Å². The lowest BCUT2D eigenvalue weighted by Crippen LogP contribution is -2.52. The summed E-state index contributed by atoms with van der Waals surface area (Å²) in [5.41, 5.74) is 2.87. The van der Waals surface area contributed by atoms with Crippen molar-refractivity contribution in [2.24, 2.45) is 0 Å². The number of rotatable bonds is 1. The van der Waals surface area contributed by atoms with E-state index < -0.39 is 6.04 Å². The van der Waals surface area contributed by atoms with E-state index in [1.54, 1.807) is 4.90 Å². The number of amides is 3. The Balaban J connectivity index is 1.50. The van der Waals surface area contributed by atoms with Crippen LogP contribution >= 0.6 is 0 Å². The maximum absolute atomic E-state index is 13.0. The van der Waals surface area contributed by atoms with Crippen molar-refractivity contribution in [3.63, 3.8) is 0 Å².